The van der Waals surface area contributed by atoms with E-state index in [1.807, 2.05) is 54.0 Å². The van der Waals surface area contributed by atoms with Crippen molar-refractivity contribution in [3.63, 3.8) is 0 Å². The van der Waals surface area contributed by atoms with Crippen molar-refractivity contribution in [2.45, 2.75) is 19.5 Å². The molecule has 3 heterocycles. The van der Waals surface area contributed by atoms with Gasteiger partial charge in [-0.2, -0.15) is 0 Å². The van der Waals surface area contributed by atoms with E-state index in [-0.39, 0.29) is 5.91 Å². The molecule has 2 aromatic carbocycles. The summed E-state index contributed by atoms with van der Waals surface area (Å²) in [5.41, 5.74) is 3.93. The molecule has 0 aliphatic carbocycles. The van der Waals surface area contributed by atoms with Gasteiger partial charge in [-0.05, 0) is 24.6 Å². The van der Waals surface area contributed by atoms with Crippen molar-refractivity contribution in [2.24, 2.45) is 10.1 Å². The van der Waals surface area contributed by atoms with Crippen LogP contribution in [0.1, 0.15) is 16.7 Å². The molecule has 0 saturated carbocycles. The van der Waals surface area contributed by atoms with Crippen molar-refractivity contribution in [1.29, 1.82) is 0 Å². The molecule has 9 heteroatoms. The van der Waals surface area contributed by atoms with E-state index in [1.165, 1.54) is 11.9 Å². The van der Waals surface area contributed by atoms with E-state index in [1.54, 1.807) is 12.1 Å². The summed E-state index contributed by atoms with van der Waals surface area (Å²) in [5.74, 6) is 0.692. The SMILES string of the molecule is Cc1cccc(CN2N=C(c3ccc(Cl)cc3)C[N+]3=C2N=C2C3C(=O)N(C)C(=O)N2C)c1. The molecule has 5 rings (SSSR count). The standard InChI is InChI=1S/C23H22ClN6O2/c1-14-5-4-6-15(11-14)12-30-22-25-20-19(21(31)28(3)23(32)27(20)2)29(22)13-18(26-30)16-7-9-17(24)10-8-16/h4-11,19H,12-13H2,1-3H3/q+1. The van der Waals surface area contributed by atoms with Gasteiger partial charge in [0.05, 0.1) is 0 Å². The van der Waals surface area contributed by atoms with E-state index in [4.69, 9.17) is 21.7 Å². The van der Waals surface area contributed by atoms with Crippen LogP contribution in [0.3, 0.4) is 0 Å². The molecule has 3 aliphatic rings. The summed E-state index contributed by atoms with van der Waals surface area (Å²) in [6.45, 7) is 2.91. The topological polar surface area (TPSA) is 71.6 Å². The molecule has 1 saturated heterocycles. The van der Waals surface area contributed by atoms with E-state index in [2.05, 4.69) is 6.07 Å². The molecule has 3 aliphatic heterocycles. The Hall–Kier alpha value is -3.52. The molecule has 162 valence electrons. The molecule has 32 heavy (non-hydrogen) atoms. The minimum absolute atomic E-state index is 0.297. The number of hydrogen-bond donors (Lipinski definition) is 0. The van der Waals surface area contributed by atoms with Crippen LogP contribution in [-0.4, -0.2) is 75.5 Å². The first-order chi connectivity index (χ1) is 15.3. The minimum atomic E-state index is -0.671. The molecule has 1 atom stereocenters. The summed E-state index contributed by atoms with van der Waals surface area (Å²) in [6, 6.07) is 14.6. The van der Waals surface area contributed by atoms with E-state index < -0.39 is 12.1 Å². The Balaban J connectivity index is 1.59. The predicted octanol–water partition coefficient (Wildman–Crippen LogP) is 2.54. The summed E-state index contributed by atoms with van der Waals surface area (Å²) >= 11 is 6.08. The molecular weight excluding hydrogens is 428 g/mol. The quantitative estimate of drug-likeness (QED) is 0.676. The van der Waals surface area contributed by atoms with Crippen LogP contribution in [0, 0.1) is 6.92 Å². The Morgan fingerprint density at radius 2 is 1.84 bits per heavy atom. The van der Waals surface area contributed by atoms with Crippen molar-refractivity contribution in [3.05, 3.63) is 70.2 Å². The Labute approximate surface area is 190 Å². The zero-order valence-electron chi connectivity index (χ0n) is 18.0. The number of aryl methyl sites for hydroxylation is 1. The van der Waals surface area contributed by atoms with Gasteiger partial charge in [0.25, 0.3) is 5.91 Å². The maximum atomic E-state index is 13.1. The van der Waals surface area contributed by atoms with Gasteiger partial charge in [-0.25, -0.2) is 9.37 Å². The summed E-state index contributed by atoms with van der Waals surface area (Å²) in [6.07, 6.45) is 0. The van der Waals surface area contributed by atoms with Crippen molar-refractivity contribution in [2.75, 3.05) is 20.6 Å². The molecule has 1 fully saturated rings. The molecule has 0 aromatic heterocycles. The zero-order chi connectivity index (χ0) is 22.6. The summed E-state index contributed by atoms with van der Waals surface area (Å²) < 4.78 is 1.92. The lowest BCUT2D eigenvalue weighted by molar-refractivity contribution is -0.527. The molecule has 1 unspecified atom stereocenters. The lowest BCUT2D eigenvalue weighted by Crippen LogP contribution is -2.62. The average molecular weight is 450 g/mol. The summed E-state index contributed by atoms with van der Waals surface area (Å²) in [5, 5.41) is 7.34. The fourth-order valence-corrected chi connectivity index (χ4v) is 4.34. The molecule has 0 radical (unpaired) electrons. The van der Waals surface area contributed by atoms with Gasteiger partial charge in [0.2, 0.25) is 11.9 Å². The number of hydrogen-bond acceptors (Lipinski definition) is 5. The number of fused-ring (bicyclic) bond motifs is 2. The zero-order valence-corrected chi connectivity index (χ0v) is 18.7. The van der Waals surface area contributed by atoms with Gasteiger partial charge in [0.1, 0.15) is 18.8 Å². The number of likely N-dealkylation sites (N-methyl/N-ethyl adjacent to an activating group) is 2. The minimum Gasteiger partial charge on any atom is -0.270 e. The van der Waals surface area contributed by atoms with Crippen LogP contribution in [0.2, 0.25) is 5.02 Å². The van der Waals surface area contributed by atoms with E-state index >= 15 is 0 Å². The van der Waals surface area contributed by atoms with Crippen LogP contribution in [0.15, 0.2) is 58.6 Å². The largest absolute Gasteiger partial charge is 0.417 e. The van der Waals surface area contributed by atoms with Gasteiger partial charge >= 0.3 is 12.0 Å². The highest BCUT2D eigenvalue weighted by atomic mass is 35.5. The van der Waals surface area contributed by atoms with Gasteiger partial charge in [-0.15, -0.1) is 10.1 Å². The molecule has 8 nitrogen and oxygen atoms in total. The molecule has 0 spiro atoms. The van der Waals surface area contributed by atoms with Crippen LogP contribution in [0.4, 0.5) is 4.79 Å². The second kappa shape index (κ2) is 7.56. The lowest BCUT2D eigenvalue weighted by Gasteiger charge is -2.32. The van der Waals surface area contributed by atoms with E-state index in [9.17, 15) is 9.59 Å². The van der Waals surface area contributed by atoms with Gasteiger partial charge < -0.3 is 0 Å². The highest BCUT2D eigenvalue weighted by Gasteiger charge is 2.54. The highest BCUT2D eigenvalue weighted by molar-refractivity contribution is 6.30. The van der Waals surface area contributed by atoms with E-state index in [0.717, 1.165) is 27.3 Å². The lowest BCUT2D eigenvalue weighted by atomic mass is 10.1. The summed E-state index contributed by atoms with van der Waals surface area (Å²) in [7, 11) is 3.14. The number of amides is 3. The van der Waals surface area contributed by atoms with Gasteiger partial charge in [0.15, 0.2) is 0 Å². The third-order valence-electron chi connectivity index (χ3n) is 5.89. The number of guanidine groups is 1. The third-order valence-corrected chi connectivity index (χ3v) is 6.15. The van der Waals surface area contributed by atoms with Gasteiger partial charge in [-0.3, -0.25) is 14.6 Å². The monoisotopic (exact) mass is 449 g/mol. The number of benzene rings is 2. The Morgan fingerprint density at radius 3 is 2.56 bits per heavy atom. The average Bonchev–Trinajstić information content (AvgIpc) is 3.17. The number of imide groups is 1. The molecule has 0 N–H and O–H groups in total. The smallest absolute Gasteiger partial charge is 0.270 e. The number of aliphatic imine (C=N–C) groups is 1. The first-order valence-electron chi connectivity index (χ1n) is 10.3. The van der Waals surface area contributed by atoms with Crippen LogP contribution in [-0.2, 0) is 11.3 Å². The number of halogens is 1. The van der Waals surface area contributed by atoms with Crippen LogP contribution in [0.25, 0.3) is 0 Å². The summed E-state index contributed by atoms with van der Waals surface area (Å²) in [4.78, 5) is 32.8. The second-order valence-electron chi connectivity index (χ2n) is 8.14. The van der Waals surface area contributed by atoms with Crippen LogP contribution < -0.4 is 0 Å². The van der Waals surface area contributed by atoms with Crippen LogP contribution in [0.5, 0.6) is 0 Å². The predicted molar refractivity (Wildman–Crippen MR) is 122 cm³/mol. The molecule has 2 aromatic rings. The first-order valence-corrected chi connectivity index (χ1v) is 10.6. The third kappa shape index (κ3) is 3.27. The molecule has 3 amide bonds. The molecule has 0 bridgehead atoms. The van der Waals surface area contributed by atoms with Crippen molar-refractivity contribution in [3.8, 4) is 0 Å². The molecular formula is C23H22ClN6O2+. The van der Waals surface area contributed by atoms with Crippen LogP contribution >= 0.6 is 11.6 Å². The van der Waals surface area contributed by atoms with Crippen molar-refractivity contribution in [1.82, 2.24) is 14.8 Å². The van der Waals surface area contributed by atoms with E-state index in [0.29, 0.717) is 29.9 Å². The highest BCUT2D eigenvalue weighted by Crippen LogP contribution is 2.25. The number of amidine groups is 1. The Morgan fingerprint density at radius 1 is 1.09 bits per heavy atom. The number of carbonyl (C=O) groups is 2. The number of hydrazone groups is 1. The van der Waals surface area contributed by atoms with Gasteiger partial charge in [0, 0.05) is 24.7 Å². The maximum Gasteiger partial charge on any atom is 0.417 e. The maximum absolute atomic E-state index is 13.1. The van der Waals surface area contributed by atoms with Gasteiger partial charge in [-0.1, -0.05) is 58.6 Å². The van der Waals surface area contributed by atoms with Crippen molar-refractivity contribution >= 4 is 41.0 Å². The fourth-order valence-electron chi connectivity index (χ4n) is 4.22. The normalized spacial score (nSPS) is 20.4. The second-order valence-corrected chi connectivity index (χ2v) is 8.58. The Bertz CT molecular complexity index is 1230. The number of carbonyl (C=O) groups excluding carboxylic acids is 2. The number of rotatable bonds is 3. The van der Waals surface area contributed by atoms with Crippen molar-refractivity contribution < 1.29 is 14.2 Å². The Kier molecular flexibility index (Phi) is 4.82. The number of nitrogens with zero attached hydrogens (tertiary/aromatic N) is 6. The fraction of sp³-hybridized carbons (Fsp3) is 0.261. The first kappa shape index (κ1) is 20.4. The number of urea groups is 1.